The van der Waals surface area contributed by atoms with Gasteiger partial charge in [-0.05, 0) is 25.5 Å². The Balaban J connectivity index is 1.61. The second-order valence-corrected chi connectivity index (χ2v) is 7.35. The fourth-order valence-corrected chi connectivity index (χ4v) is 3.63. The van der Waals surface area contributed by atoms with E-state index in [4.69, 9.17) is 4.74 Å². The largest absolute Gasteiger partial charge is 0.419 e. The van der Waals surface area contributed by atoms with Gasteiger partial charge in [-0.25, -0.2) is 9.97 Å². The number of ether oxygens (including phenoxy) is 1. The van der Waals surface area contributed by atoms with E-state index in [2.05, 4.69) is 25.6 Å². The summed E-state index contributed by atoms with van der Waals surface area (Å²) in [5, 5.41) is 6.33. The van der Waals surface area contributed by atoms with Crippen LogP contribution in [0.5, 0.6) is 0 Å². The van der Waals surface area contributed by atoms with E-state index < -0.39 is 11.7 Å². The van der Waals surface area contributed by atoms with Crippen molar-refractivity contribution in [2.75, 3.05) is 44.7 Å². The standard InChI is InChI=1S/C19H23F3N6O2/c20-19(21,22)14-11-25-18(26-13-2-1-3-23-10-13)27-16(14)12-8-15(24-9-12)17(29)28-4-6-30-7-5-28/h8-9,11,13,23-24H,1-7,10H2,(H,25,26,27). The van der Waals surface area contributed by atoms with Crippen LogP contribution in [0.2, 0.25) is 0 Å². The van der Waals surface area contributed by atoms with Crippen LogP contribution in [0.15, 0.2) is 18.5 Å². The van der Waals surface area contributed by atoms with Gasteiger partial charge >= 0.3 is 6.18 Å². The highest BCUT2D eigenvalue weighted by Crippen LogP contribution is 2.36. The molecule has 0 aliphatic carbocycles. The normalized spacial score (nSPS) is 20.2. The number of piperidine rings is 1. The SMILES string of the molecule is O=C(c1cc(-c2nc(NC3CCCNC3)ncc2C(F)(F)F)c[nH]1)N1CCOCC1. The van der Waals surface area contributed by atoms with Crippen molar-refractivity contribution in [1.82, 2.24) is 25.2 Å². The second-order valence-electron chi connectivity index (χ2n) is 7.35. The van der Waals surface area contributed by atoms with Gasteiger partial charge < -0.3 is 25.3 Å². The molecule has 8 nitrogen and oxygen atoms in total. The summed E-state index contributed by atoms with van der Waals surface area (Å²) >= 11 is 0. The van der Waals surface area contributed by atoms with Gasteiger partial charge in [0.25, 0.3) is 5.91 Å². The van der Waals surface area contributed by atoms with E-state index in [-0.39, 0.29) is 34.8 Å². The Labute approximate surface area is 171 Å². The number of morpholine rings is 1. The zero-order valence-electron chi connectivity index (χ0n) is 16.3. The summed E-state index contributed by atoms with van der Waals surface area (Å²) in [6, 6.07) is 1.45. The fraction of sp³-hybridized carbons (Fsp3) is 0.526. The van der Waals surface area contributed by atoms with Gasteiger partial charge in [-0.1, -0.05) is 0 Å². The number of hydrogen-bond donors (Lipinski definition) is 3. The smallest absolute Gasteiger partial charge is 0.378 e. The van der Waals surface area contributed by atoms with Crippen molar-refractivity contribution in [3.63, 3.8) is 0 Å². The van der Waals surface area contributed by atoms with Crippen LogP contribution >= 0.6 is 0 Å². The van der Waals surface area contributed by atoms with Gasteiger partial charge in [0.1, 0.15) is 11.3 Å². The third kappa shape index (κ3) is 4.57. The molecule has 0 aromatic carbocycles. The molecule has 2 aromatic heterocycles. The van der Waals surface area contributed by atoms with E-state index in [9.17, 15) is 18.0 Å². The number of H-pyrrole nitrogens is 1. The Morgan fingerprint density at radius 1 is 1.30 bits per heavy atom. The molecular weight excluding hydrogens is 401 g/mol. The van der Waals surface area contributed by atoms with Gasteiger partial charge in [-0.2, -0.15) is 13.2 Å². The number of aromatic nitrogens is 3. The molecule has 0 radical (unpaired) electrons. The number of carbonyl (C=O) groups excluding carboxylic acids is 1. The van der Waals surface area contributed by atoms with Crippen LogP contribution in [0.25, 0.3) is 11.3 Å². The molecule has 3 N–H and O–H groups in total. The van der Waals surface area contributed by atoms with Crippen molar-refractivity contribution in [2.24, 2.45) is 0 Å². The van der Waals surface area contributed by atoms with Gasteiger partial charge in [-0.15, -0.1) is 0 Å². The van der Waals surface area contributed by atoms with Crippen LogP contribution in [0, 0.1) is 0 Å². The molecule has 2 saturated heterocycles. The van der Waals surface area contributed by atoms with E-state index in [1.807, 2.05) is 0 Å². The number of alkyl halides is 3. The molecule has 1 amide bonds. The van der Waals surface area contributed by atoms with E-state index in [1.54, 1.807) is 4.90 Å². The van der Waals surface area contributed by atoms with E-state index in [1.165, 1.54) is 12.3 Å². The summed E-state index contributed by atoms with van der Waals surface area (Å²) in [7, 11) is 0. The number of hydrogen-bond acceptors (Lipinski definition) is 6. The van der Waals surface area contributed by atoms with Crippen LogP contribution in [0.3, 0.4) is 0 Å². The molecule has 0 saturated carbocycles. The highest BCUT2D eigenvalue weighted by molar-refractivity contribution is 5.94. The first-order valence-electron chi connectivity index (χ1n) is 9.89. The van der Waals surface area contributed by atoms with Gasteiger partial charge in [0.2, 0.25) is 5.95 Å². The average Bonchev–Trinajstić information content (AvgIpc) is 3.24. The van der Waals surface area contributed by atoms with Crippen molar-refractivity contribution in [3.8, 4) is 11.3 Å². The molecule has 2 fully saturated rings. The second kappa shape index (κ2) is 8.60. The van der Waals surface area contributed by atoms with Crippen LogP contribution in [-0.4, -0.2) is 71.2 Å². The summed E-state index contributed by atoms with van der Waals surface area (Å²) in [4.78, 5) is 25.0. The maximum atomic E-state index is 13.6. The van der Waals surface area contributed by atoms with E-state index >= 15 is 0 Å². The quantitative estimate of drug-likeness (QED) is 0.696. The Bertz CT molecular complexity index is 889. The summed E-state index contributed by atoms with van der Waals surface area (Å²) in [6.07, 6.45) is -0.606. The molecule has 162 valence electrons. The van der Waals surface area contributed by atoms with Crippen molar-refractivity contribution in [2.45, 2.75) is 25.1 Å². The summed E-state index contributed by atoms with van der Waals surface area (Å²) < 4.78 is 45.9. The number of halogens is 3. The maximum Gasteiger partial charge on any atom is 0.419 e. The van der Waals surface area contributed by atoms with E-state index in [0.29, 0.717) is 32.8 Å². The number of amides is 1. The lowest BCUT2D eigenvalue weighted by molar-refractivity contribution is -0.137. The number of nitrogens with zero attached hydrogens (tertiary/aromatic N) is 3. The van der Waals surface area contributed by atoms with Crippen molar-refractivity contribution < 1.29 is 22.7 Å². The molecule has 0 spiro atoms. The summed E-state index contributed by atoms with van der Waals surface area (Å²) in [5.74, 6) is -0.146. The molecule has 2 aliphatic heterocycles. The predicted octanol–water partition coefficient (Wildman–Crippen LogP) is 2.13. The number of rotatable bonds is 4. The Hall–Kier alpha value is -2.66. The third-order valence-electron chi connectivity index (χ3n) is 5.21. The van der Waals surface area contributed by atoms with Crippen molar-refractivity contribution >= 4 is 11.9 Å². The fourth-order valence-electron chi connectivity index (χ4n) is 3.63. The van der Waals surface area contributed by atoms with Crippen molar-refractivity contribution in [1.29, 1.82) is 0 Å². The van der Waals surface area contributed by atoms with Crippen LogP contribution in [0.4, 0.5) is 19.1 Å². The summed E-state index contributed by atoms with van der Waals surface area (Å²) in [5.41, 5.74) is -0.809. The number of anilines is 1. The average molecular weight is 424 g/mol. The minimum absolute atomic E-state index is 0.0491. The Morgan fingerprint density at radius 2 is 2.10 bits per heavy atom. The van der Waals surface area contributed by atoms with Gasteiger partial charge in [0, 0.05) is 43.6 Å². The monoisotopic (exact) mass is 424 g/mol. The number of aromatic amines is 1. The molecule has 11 heteroatoms. The maximum absolute atomic E-state index is 13.6. The van der Waals surface area contributed by atoms with Crippen LogP contribution in [0.1, 0.15) is 28.9 Å². The van der Waals surface area contributed by atoms with Gasteiger partial charge in [0.15, 0.2) is 0 Å². The molecule has 4 heterocycles. The Morgan fingerprint density at radius 3 is 2.80 bits per heavy atom. The molecule has 1 unspecified atom stereocenters. The van der Waals surface area contributed by atoms with Gasteiger partial charge in [0.05, 0.1) is 18.9 Å². The zero-order valence-corrected chi connectivity index (χ0v) is 16.3. The first-order chi connectivity index (χ1) is 14.4. The minimum Gasteiger partial charge on any atom is -0.378 e. The summed E-state index contributed by atoms with van der Waals surface area (Å²) in [6.45, 7) is 3.38. The molecule has 2 aliphatic rings. The van der Waals surface area contributed by atoms with Crippen LogP contribution < -0.4 is 10.6 Å². The molecule has 4 rings (SSSR count). The molecular formula is C19H23F3N6O2. The van der Waals surface area contributed by atoms with E-state index in [0.717, 1.165) is 25.6 Å². The molecule has 30 heavy (non-hydrogen) atoms. The van der Waals surface area contributed by atoms with Gasteiger partial charge in [-0.3, -0.25) is 4.79 Å². The molecule has 0 bridgehead atoms. The van der Waals surface area contributed by atoms with Crippen molar-refractivity contribution in [3.05, 3.63) is 29.7 Å². The lowest BCUT2D eigenvalue weighted by atomic mass is 10.1. The first-order valence-corrected chi connectivity index (χ1v) is 9.89. The number of nitrogens with one attached hydrogen (secondary N) is 3. The zero-order chi connectivity index (χ0) is 21.1. The lowest BCUT2D eigenvalue weighted by Crippen LogP contribution is -2.40. The lowest BCUT2D eigenvalue weighted by Gasteiger charge is -2.26. The van der Waals surface area contributed by atoms with Crippen LogP contribution in [-0.2, 0) is 10.9 Å². The minimum atomic E-state index is -4.62. The highest BCUT2D eigenvalue weighted by atomic mass is 19.4. The highest BCUT2D eigenvalue weighted by Gasteiger charge is 2.36. The molecule has 1 atom stereocenters. The molecule has 2 aromatic rings. The first kappa shape index (κ1) is 20.6. The number of carbonyl (C=O) groups is 1. The third-order valence-corrected chi connectivity index (χ3v) is 5.21. The predicted molar refractivity (Wildman–Crippen MR) is 103 cm³/mol. The topological polar surface area (TPSA) is 95.2 Å². The Kier molecular flexibility index (Phi) is 5.91.